The van der Waals surface area contributed by atoms with E-state index in [2.05, 4.69) is 4.98 Å². The molecule has 0 aliphatic carbocycles. The summed E-state index contributed by atoms with van der Waals surface area (Å²) in [5, 5.41) is 9.07. The zero-order valence-corrected chi connectivity index (χ0v) is 8.64. The van der Waals surface area contributed by atoms with Crippen molar-refractivity contribution in [3.63, 3.8) is 0 Å². The van der Waals surface area contributed by atoms with Gasteiger partial charge in [-0.2, -0.15) is 0 Å². The molecule has 1 aromatic heterocycles. The number of carbonyl (C=O) groups is 1. The summed E-state index contributed by atoms with van der Waals surface area (Å²) in [7, 11) is 0. The van der Waals surface area contributed by atoms with Crippen LogP contribution in [0.2, 0.25) is 0 Å². The summed E-state index contributed by atoms with van der Waals surface area (Å²) in [6.45, 7) is 3.69. The van der Waals surface area contributed by atoms with E-state index in [1.54, 1.807) is 6.20 Å². The van der Waals surface area contributed by atoms with Gasteiger partial charge >= 0.3 is 5.97 Å². The summed E-state index contributed by atoms with van der Waals surface area (Å²) >= 11 is 0. The lowest BCUT2D eigenvalue weighted by Crippen LogP contribution is -2.22. The zero-order valence-electron chi connectivity index (χ0n) is 8.64. The van der Waals surface area contributed by atoms with Crippen LogP contribution in [0.25, 0.3) is 0 Å². The minimum absolute atomic E-state index is 0.454. The summed E-state index contributed by atoms with van der Waals surface area (Å²) in [5.74, 6) is -0.410. The van der Waals surface area contributed by atoms with Gasteiger partial charge in [-0.1, -0.05) is 6.92 Å². The highest BCUT2D eigenvalue weighted by Gasteiger charge is 2.24. The number of hydrogen-bond acceptors (Lipinski definition) is 3. The molecule has 0 saturated heterocycles. The van der Waals surface area contributed by atoms with E-state index < -0.39 is 11.9 Å². The van der Waals surface area contributed by atoms with E-state index in [-0.39, 0.29) is 0 Å². The number of rotatable bonds is 3. The molecular formula is C10H14N2O3. The Bertz CT molecular complexity index is 373. The Kier molecular flexibility index (Phi) is 2.73. The molecule has 1 aliphatic rings. The number of imidazole rings is 1. The molecule has 5 nitrogen and oxygen atoms in total. The van der Waals surface area contributed by atoms with Crippen LogP contribution in [0.4, 0.5) is 0 Å². The molecule has 15 heavy (non-hydrogen) atoms. The molecule has 2 rings (SSSR count). The second kappa shape index (κ2) is 4.02. The SMILES string of the molecule is CCC(C(=O)O)c1cnc2n1CCOC2. The standard InChI is InChI=1S/C10H14N2O3/c1-2-7(10(13)14)8-5-11-9-6-15-4-3-12(8)9/h5,7H,2-4,6H2,1H3,(H,13,14). The average Bonchev–Trinajstić information content (AvgIpc) is 2.63. The molecule has 0 amide bonds. The van der Waals surface area contributed by atoms with Gasteiger partial charge in [-0.15, -0.1) is 0 Å². The Hall–Kier alpha value is -1.36. The van der Waals surface area contributed by atoms with Crippen molar-refractivity contribution in [3.8, 4) is 0 Å². The third kappa shape index (κ3) is 1.74. The van der Waals surface area contributed by atoms with E-state index in [9.17, 15) is 4.79 Å². The third-order valence-electron chi connectivity index (χ3n) is 2.72. The molecule has 1 aromatic rings. The lowest BCUT2D eigenvalue weighted by molar-refractivity contribution is -0.139. The first-order valence-electron chi connectivity index (χ1n) is 5.09. The van der Waals surface area contributed by atoms with E-state index in [0.29, 0.717) is 26.2 Å². The Labute approximate surface area is 87.7 Å². The first kappa shape index (κ1) is 10.2. The molecule has 82 valence electrons. The second-order valence-corrected chi connectivity index (χ2v) is 3.60. The highest BCUT2D eigenvalue weighted by Crippen LogP contribution is 2.23. The molecule has 1 atom stereocenters. The molecule has 1 unspecified atom stereocenters. The highest BCUT2D eigenvalue weighted by atomic mass is 16.5. The molecule has 0 radical (unpaired) electrons. The quantitative estimate of drug-likeness (QED) is 0.808. The predicted octanol–water partition coefficient (Wildman–Crippen LogP) is 0.992. The van der Waals surface area contributed by atoms with E-state index in [0.717, 1.165) is 11.5 Å². The zero-order chi connectivity index (χ0) is 10.8. The van der Waals surface area contributed by atoms with Crippen molar-refractivity contribution in [2.75, 3.05) is 6.61 Å². The average molecular weight is 210 g/mol. The number of carboxylic acids is 1. The molecule has 0 fully saturated rings. The molecule has 5 heteroatoms. The molecule has 2 heterocycles. The van der Waals surface area contributed by atoms with Crippen LogP contribution in [0.15, 0.2) is 6.20 Å². The topological polar surface area (TPSA) is 64.3 Å². The van der Waals surface area contributed by atoms with Crippen molar-refractivity contribution in [1.29, 1.82) is 0 Å². The highest BCUT2D eigenvalue weighted by molar-refractivity contribution is 5.75. The summed E-state index contributed by atoms with van der Waals surface area (Å²) in [6.07, 6.45) is 2.24. The maximum atomic E-state index is 11.0. The van der Waals surface area contributed by atoms with Gasteiger partial charge in [-0.3, -0.25) is 4.79 Å². The number of hydrogen-bond donors (Lipinski definition) is 1. The number of fused-ring (bicyclic) bond motifs is 1. The third-order valence-corrected chi connectivity index (χ3v) is 2.72. The van der Waals surface area contributed by atoms with Gasteiger partial charge in [0.15, 0.2) is 0 Å². The molecule has 0 bridgehead atoms. The van der Waals surface area contributed by atoms with Crippen LogP contribution in [0.5, 0.6) is 0 Å². The number of nitrogens with zero attached hydrogens (tertiary/aromatic N) is 2. The number of ether oxygens (including phenoxy) is 1. The number of aliphatic carboxylic acids is 1. The number of aromatic nitrogens is 2. The van der Waals surface area contributed by atoms with Gasteiger partial charge in [0, 0.05) is 12.7 Å². The van der Waals surface area contributed by atoms with Gasteiger partial charge < -0.3 is 14.4 Å². The molecular weight excluding hydrogens is 196 g/mol. The maximum absolute atomic E-state index is 11.0. The van der Waals surface area contributed by atoms with E-state index >= 15 is 0 Å². The minimum atomic E-state index is -0.785. The van der Waals surface area contributed by atoms with Gasteiger partial charge in [0.1, 0.15) is 12.4 Å². The van der Waals surface area contributed by atoms with Crippen molar-refractivity contribution in [2.45, 2.75) is 32.4 Å². The summed E-state index contributed by atoms with van der Waals surface area (Å²) in [5.41, 5.74) is 0.795. The lowest BCUT2D eigenvalue weighted by Gasteiger charge is -2.19. The summed E-state index contributed by atoms with van der Waals surface area (Å²) in [4.78, 5) is 15.2. The fourth-order valence-corrected chi connectivity index (χ4v) is 1.91. The minimum Gasteiger partial charge on any atom is -0.481 e. The molecule has 1 aliphatic heterocycles. The molecule has 0 saturated carbocycles. The van der Waals surface area contributed by atoms with Crippen LogP contribution in [0.3, 0.4) is 0 Å². The predicted molar refractivity (Wildman–Crippen MR) is 52.6 cm³/mol. The van der Waals surface area contributed by atoms with E-state index in [1.807, 2.05) is 11.5 Å². The van der Waals surface area contributed by atoms with Gasteiger partial charge in [0.05, 0.1) is 18.2 Å². The van der Waals surface area contributed by atoms with Gasteiger partial charge in [-0.25, -0.2) is 4.98 Å². The number of carboxylic acid groups (broad SMARTS) is 1. The Morgan fingerprint density at radius 3 is 3.27 bits per heavy atom. The van der Waals surface area contributed by atoms with Crippen molar-refractivity contribution in [2.24, 2.45) is 0 Å². The largest absolute Gasteiger partial charge is 0.481 e. The fourth-order valence-electron chi connectivity index (χ4n) is 1.91. The molecule has 1 N–H and O–H groups in total. The van der Waals surface area contributed by atoms with E-state index in [1.165, 1.54) is 0 Å². The smallest absolute Gasteiger partial charge is 0.312 e. The first-order valence-corrected chi connectivity index (χ1v) is 5.09. The monoisotopic (exact) mass is 210 g/mol. The van der Waals surface area contributed by atoms with Gasteiger partial charge in [-0.05, 0) is 6.42 Å². The summed E-state index contributed by atoms with van der Waals surface area (Å²) in [6, 6.07) is 0. The van der Waals surface area contributed by atoms with Crippen molar-refractivity contribution in [1.82, 2.24) is 9.55 Å². The second-order valence-electron chi connectivity index (χ2n) is 3.60. The molecule has 0 spiro atoms. The van der Waals surface area contributed by atoms with Crippen LogP contribution in [-0.4, -0.2) is 27.2 Å². The van der Waals surface area contributed by atoms with Crippen LogP contribution in [0.1, 0.15) is 30.8 Å². The first-order chi connectivity index (χ1) is 7.24. The maximum Gasteiger partial charge on any atom is 0.312 e. The fraction of sp³-hybridized carbons (Fsp3) is 0.600. The van der Waals surface area contributed by atoms with Crippen molar-refractivity contribution >= 4 is 5.97 Å². The van der Waals surface area contributed by atoms with Crippen molar-refractivity contribution < 1.29 is 14.6 Å². The van der Waals surface area contributed by atoms with Crippen LogP contribution in [0, 0.1) is 0 Å². The lowest BCUT2D eigenvalue weighted by atomic mass is 10.0. The summed E-state index contributed by atoms with van der Waals surface area (Å²) < 4.78 is 7.22. The molecule has 0 aromatic carbocycles. The van der Waals surface area contributed by atoms with E-state index in [4.69, 9.17) is 9.84 Å². The van der Waals surface area contributed by atoms with Gasteiger partial charge in [0.25, 0.3) is 0 Å². The van der Waals surface area contributed by atoms with Crippen molar-refractivity contribution in [3.05, 3.63) is 17.7 Å². The van der Waals surface area contributed by atoms with Crippen LogP contribution >= 0.6 is 0 Å². The van der Waals surface area contributed by atoms with Gasteiger partial charge in [0.2, 0.25) is 0 Å². The Balaban J connectivity index is 2.35. The van der Waals surface area contributed by atoms with Crippen LogP contribution in [-0.2, 0) is 22.7 Å². The van der Waals surface area contributed by atoms with Crippen LogP contribution < -0.4 is 0 Å². The Morgan fingerprint density at radius 2 is 2.60 bits per heavy atom. The normalized spacial score (nSPS) is 17.1. The Morgan fingerprint density at radius 1 is 1.80 bits per heavy atom.